The molecule has 126 valence electrons. The summed E-state index contributed by atoms with van der Waals surface area (Å²) in [4.78, 5) is 6.70. The van der Waals surface area contributed by atoms with E-state index in [-0.39, 0.29) is 32.7 Å². The van der Waals surface area contributed by atoms with Crippen LogP contribution >= 0.6 is 0 Å². The lowest BCUT2D eigenvalue weighted by Crippen LogP contribution is -2.58. The summed E-state index contributed by atoms with van der Waals surface area (Å²) in [5.74, 6) is -0.661. The fourth-order valence-electron chi connectivity index (χ4n) is 1.95. The Hall–Kier alpha value is -1.52. The van der Waals surface area contributed by atoms with Gasteiger partial charge in [-0.3, -0.25) is 0 Å². The largest absolute Gasteiger partial charge is 0.443 e. The predicted molar refractivity (Wildman–Crippen MR) is 63.5 cm³/mol. The Labute approximate surface area is 121 Å². The number of alkyl halides is 6. The maximum Gasteiger partial charge on any atom is 0.443 e. The van der Waals surface area contributed by atoms with E-state index in [1.165, 1.54) is 11.8 Å². The van der Waals surface area contributed by atoms with Crippen LogP contribution in [0.15, 0.2) is 9.98 Å². The minimum Gasteiger partial charge on any atom is -0.411 e. The minimum atomic E-state index is -5.73. The molecule has 1 fully saturated rings. The Kier molecular flexibility index (Phi) is 4.28. The molecule has 0 unspecified atom stereocenters. The molecule has 0 aliphatic carbocycles. The van der Waals surface area contributed by atoms with Crippen LogP contribution in [0, 0.1) is 0 Å². The molecule has 5 nitrogen and oxygen atoms in total. The van der Waals surface area contributed by atoms with Gasteiger partial charge in [-0.05, 0) is 0 Å². The number of halogens is 6. The molecule has 0 N–H and O–H groups in total. The lowest BCUT2D eigenvalue weighted by atomic mass is 10.1. The summed E-state index contributed by atoms with van der Waals surface area (Å²) < 4.78 is 88.7. The summed E-state index contributed by atoms with van der Waals surface area (Å²) in [6.45, 7) is 1.83. The van der Waals surface area contributed by atoms with Crippen LogP contribution in [0.2, 0.25) is 0 Å². The van der Waals surface area contributed by atoms with Crippen molar-refractivity contribution < 1.29 is 35.8 Å². The van der Waals surface area contributed by atoms with Gasteiger partial charge in [0.25, 0.3) is 6.02 Å². The van der Waals surface area contributed by atoms with Crippen LogP contribution in [0.25, 0.3) is 0 Å². The molecule has 0 amide bonds. The molecular weight excluding hydrogens is 320 g/mol. The smallest absolute Gasteiger partial charge is 0.411 e. The van der Waals surface area contributed by atoms with E-state index < -0.39 is 29.9 Å². The Morgan fingerprint density at radius 1 is 1.05 bits per heavy atom. The van der Waals surface area contributed by atoms with E-state index in [0.717, 1.165) is 0 Å². The molecule has 0 bridgehead atoms. The van der Waals surface area contributed by atoms with E-state index in [0.29, 0.717) is 0 Å². The standard InChI is InChI=1S/C11H13F6N3O2/c1-2-7-18-9(10(12,13)14,11(15,16)17)19-8(22-7)20-3-5-21-6-4-20/h2-6H2,1H3. The third kappa shape index (κ3) is 2.85. The second-order valence-electron chi connectivity index (χ2n) is 4.62. The second kappa shape index (κ2) is 5.60. The first-order valence-electron chi connectivity index (χ1n) is 6.43. The molecule has 2 rings (SSSR count). The van der Waals surface area contributed by atoms with E-state index >= 15 is 0 Å². The highest BCUT2D eigenvalue weighted by atomic mass is 19.4. The highest BCUT2D eigenvalue weighted by Gasteiger charge is 2.74. The van der Waals surface area contributed by atoms with Gasteiger partial charge in [-0.15, -0.1) is 0 Å². The molecule has 2 aliphatic rings. The van der Waals surface area contributed by atoms with Gasteiger partial charge >= 0.3 is 18.0 Å². The molecule has 22 heavy (non-hydrogen) atoms. The molecule has 0 aromatic heterocycles. The van der Waals surface area contributed by atoms with E-state index in [1.54, 1.807) is 0 Å². The number of hydrogen-bond donors (Lipinski definition) is 0. The summed E-state index contributed by atoms with van der Waals surface area (Å²) in [6.07, 6.45) is -11.7. The van der Waals surface area contributed by atoms with Crippen molar-refractivity contribution in [2.24, 2.45) is 9.98 Å². The monoisotopic (exact) mass is 333 g/mol. The van der Waals surface area contributed by atoms with Gasteiger partial charge in [0.05, 0.1) is 13.2 Å². The van der Waals surface area contributed by atoms with Crippen LogP contribution in [0.1, 0.15) is 13.3 Å². The first kappa shape index (κ1) is 16.8. The van der Waals surface area contributed by atoms with Crippen LogP contribution in [0.3, 0.4) is 0 Å². The van der Waals surface area contributed by atoms with Gasteiger partial charge in [0.15, 0.2) is 5.90 Å². The molecule has 11 heteroatoms. The molecule has 2 heterocycles. The van der Waals surface area contributed by atoms with Crippen molar-refractivity contribution in [1.82, 2.24) is 4.90 Å². The van der Waals surface area contributed by atoms with E-state index in [9.17, 15) is 26.3 Å². The van der Waals surface area contributed by atoms with E-state index in [1.807, 2.05) is 0 Å². The van der Waals surface area contributed by atoms with Gasteiger partial charge in [0.2, 0.25) is 0 Å². The number of nitrogens with zero attached hydrogens (tertiary/aromatic N) is 3. The Bertz CT molecular complexity index is 465. The molecule has 2 aliphatic heterocycles. The van der Waals surface area contributed by atoms with Gasteiger partial charge in [0.1, 0.15) is 0 Å². The molecule has 0 aromatic carbocycles. The van der Waals surface area contributed by atoms with Gasteiger partial charge in [-0.1, -0.05) is 6.92 Å². The van der Waals surface area contributed by atoms with Crippen LogP contribution < -0.4 is 0 Å². The van der Waals surface area contributed by atoms with E-state index in [2.05, 4.69) is 9.98 Å². The molecule has 0 atom stereocenters. The average Bonchev–Trinajstić information content (AvgIpc) is 2.45. The third-order valence-corrected chi connectivity index (χ3v) is 3.13. The second-order valence-corrected chi connectivity index (χ2v) is 4.62. The van der Waals surface area contributed by atoms with Crippen molar-refractivity contribution in [1.29, 1.82) is 0 Å². The molecule has 0 spiro atoms. The van der Waals surface area contributed by atoms with Crippen LogP contribution in [0.5, 0.6) is 0 Å². The number of morpholine rings is 1. The molecule has 1 saturated heterocycles. The quantitative estimate of drug-likeness (QED) is 0.692. The summed E-state index contributed by atoms with van der Waals surface area (Å²) in [5, 5.41) is 0. The number of amidine groups is 1. The van der Waals surface area contributed by atoms with Crippen molar-refractivity contribution in [2.45, 2.75) is 31.4 Å². The van der Waals surface area contributed by atoms with Crippen molar-refractivity contribution in [3.8, 4) is 0 Å². The predicted octanol–water partition coefficient (Wildman–Crippen LogP) is 2.33. The zero-order valence-corrected chi connectivity index (χ0v) is 11.5. The minimum absolute atomic E-state index is 0.0849. The maximum atomic E-state index is 13.1. The van der Waals surface area contributed by atoms with Crippen LogP contribution in [-0.2, 0) is 9.47 Å². The SMILES string of the molecule is CCC1=NC(C(F)(F)F)(C(F)(F)F)N=C(N2CCOCC2)O1. The summed E-state index contributed by atoms with van der Waals surface area (Å²) in [7, 11) is 0. The number of aliphatic imine (C=N–C) groups is 2. The van der Waals surface area contributed by atoms with Crippen molar-refractivity contribution >= 4 is 11.9 Å². The van der Waals surface area contributed by atoms with Crippen molar-refractivity contribution in [2.75, 3.05) is 26.3 Å². The highest BCUT2D eigenvalue weighted by Crippen LogP contribution is 2.48. The van der Waals surface area contributed by atoms with Crippen LogP contribution in [0.4, 0.5) is 26.3 Å². The van der Waals surface area contributed by atoms with E-state index in [4.69, 9.17) is 9.47 Å². The first-order chi connectivity index (χ1) is 10.1. The molecular formula is C11H13F6N3O2. The number of rotatable bonds is 1. The van der Waals surface area contributed by atoms with Gasteiger partial charge in [0, 0.05) is 19.5 Å². The zero-order valence-electron chi connectivity index (χ0n) is 11.5. The third-order valence-electron chi connectivity index (χ3n) is 3.13. The fourth-order valence-corrected chi connectivity index (χ4v) is 1.95. The molecule has 0 radical (unpaired) electrons. The Morgan fingerprint density at radius 2 is 1.59 bits per heavy atom. The number of hydrogen-bond acceptors (Lipinski definition) is 5. The van der Waals surface area contributed by atoms with Gasteiger partial charge in [-0.2, -0.15) is 31.3 Å². The molecule has 0 saturated carbocycles. The molecule has 0 aromatic rings. The maximum absolute atomic E-state index is 13.1. The summed E-state index contributed by atoms with van der Waals surface area (Å²) in [6, 6.07) is -0.732. The fraction of sp³-hybridized carbons (Fsp3) is 0.818. The van der Waals surface area contributed by atoms with Crippen molar-refractivity contribution in [3.05, 3.63) is 0 Å². The number of ether oxygens (including phenoxy) is 2. The van der Waals surface area contributed by atoms with Crippen LogP contribution in [-0.4, -0.2) is 61.1 Å². The normalized spacial score (nSPS) is 22.8. The lowest BCUT2D eigenvalue weighted by Gasteiger charge is -2.37. The average molecular weight is 333 g/mol. The zero-order chi connectivity index (χ0) is 16.6. The summed E-state index contributed by atoms with van der Waals surface area (Å²) in [5.41, 5.74) is -4.53. The summed E-state index contributed by atoms with van der Waals surface area (Å²) >= 11 is 0. The Morgan fingerprint density at radius 3 is 2.05 bits per heavy atom. The first-order valence-corrected chi connectivity index (χ1v) is 6.43. The highest BCUT2D eigenvalue weighted by molar-refractivity contribution is 5.92. The Balaban J connectivity index is 2.50. The lowest BCUT2D eigenvalue weighted by molar-refractivity contribution is -0.293. The van der Waals surface area contributed by atoms with Gasteiger partial charge < -0.3 is 14.4 Å². The topological polar surface area (TPSA) is 46.4 Å². The van der Waals surface area contributed by atoms with Gasteiger partial charge in [-0.25, -0.2) is 4.99 Å². The van der Waals surface area contributed by atoms with Crippen molar-refractivity contribution in [3.63, 3.8) is 0 Å².